The third kappa shape index (κ3) is 5.67. The van der Waals surface area contributed by atoms with Crippen LogP contribution in [-0.2, 0) is 4.74 Å². The van der Waals surface area contributed by atoms with Crippen molar-refractivity contribution in [3.05, 3.63) is 17.5 Å². The maximum absolute atomic E-state index is 11.7. The number of rotatable bonds is 3. The Hall–Kier alpha value is -1.56. The van der Waals surface area contributed by atoms with E-state index in [-0.39, 0.29) is 23.5 Å². The first-order valence-electron chi connectivity index (χ1n) is 7.46. The molecule has 0 bridgehead atoms. The van der Waals surface area contributed by atoms with Crippen molar-refractivity contribution < 1.29 is 14.3 Å². The van der Waals surface area contributed by atoms with E-state index in [1.54, 1.807) is 12.3 Å². The first-order chi connectivity index (χ1) is 10.3. The van der Waals surface area contributed by atoms with Crippen LogP contribution in [0.5, 0.6) is 5.88 Å². The van der Waals surface area contributed by atoms with Crippen LogP contribution in [0, 0.1) is 0 Å². The topological polar surface area (TPSA) is 73.3 Å². The third-order valence-corrected chi connectivity index (χ3v) is 3.47. The molecule has 1 saturated carbocycles. The second kappa shape index (κ2) is 7.13. The van der Waals surface area contributed by atoms with Crippen LogP contribution in [0.2, 0.25) is 5.28 Å². The minimum atomic E-state index is -0.476. The molecule has 22 heavy (non-hydrogen) atoms. The number of alkyl carbamates (subject to hydrolysis) is 1. The van der Waals surface area contributed by atoms with Gasteiger partial charge in [0, 0.05) is 18.3 Å². The maximum atomic E-state index is 11.7. The lowest BCUT2D eigenvalue weighted by Gasteiger charge is -2.30. The van der Waals surface area contributed by atoms with Crippen molar-refractivity contribution >= 4 is 17.7 Å². The predicted octanol–water partition coefficient (Wildman–Crippen LogP) is 3.34. The van der Waals surface area contributed by atoms with E-state index in [0.717, 1.165) is 25.7 Å². The molecule has 0 saturated heterocycles. The van der Waals surface area contributed by atoms with Crippen molar-refractivity contribution in [2.45, 2.75) is 64.2 Å². The van der Waals surface area contributed by atoms with Crippen LogP contribution in [0.1, 0.15) is 46.5 Å². The molecule has 0 spiro atoms. The SMILES string of the molecule is CC(C)(C)OC(=O)NC1CCC(Oc2ccnc(Cl)n2)CC1. The summed E-state index contributed by atoms with van der Waals surface area (Å²) in [5.41, 5.74) is -0.476. The summed E-state index contributed by atoms with van der Waals surface area (Å²) in [7, 11) is 0. The van der Waals surface area contributed by atoms with Crippen LogP contribution in [0.15, 0.2) is 12.3 Å². The van der Waals surface area contributed by atoms with E-state index in [1.165, 1.54) is 0 Å². The standard InChI is InChI=1S/C15H22ClN3O3/c1-15(2,3)22-14(20)18-10-4-6-11(7-5-10)21-12-8-9-17-13(16)19-12/h8-11H,4-7H2,1-3H3,(H,18,20). The predicted molar refractivity (Wildman–Crippen MR) is 83.1 cm³/mol. The number of amides is 1. The number of aromatic nitrogens is 2. The molecular weight excluding hydrogens is 306 g/mol. The molecule has 0 unspecified atom stereocenters. The summed E-state index contributed by atoms with van der Waals surface area (Å²) in [6.45, 7) is 5.55. The maximum Gasteiger partial charge on any atom is 0.407 e. The zero-order chi connectivity index (χ0) is 16.2. The first-order valence-corrected chi connectivity index (χ1v) is 7.84. The Balaban J connectivity index is 1.75. The van der Waals surface area contributed by atoms with Gasteiger partial charge >= 0.3 is 6.09 Å². The Morgan fingerprint density at radius 2 is 2.00 bits per heavy atom. The lowest BCUT2D eigenvalue weighted by Crippen LogP contribution is -2.42. The Morgan fingerprint density at radius 1 is 1.32 bits per heavy atom. The molecule has 122 valence electrons. The molecule has 1 aliphatic carbocycles. The molecule has 1 N–H and O–H groups in total. The number of ether oxygens (including phenoxy) is 2. The van der Waals surface area contributed by atoms with Gasteiger partial charge in [0.2, 0.25) is 11.2 Å². The van der Waals surface area contributed by atoms with Crippen molar-refractivity contribution in [2.75, 3.05) is 0 Å². The van der Waals surface area contributed by atoms with Gasteiger partial charge in [-0.1, -0.05) is 0 Å². The normalized spacial score (nSPS) is 22.0. The molecular formula is C15H22ClN3O3. The van der Waals surface area contributed by atoms with Gasteiger partial charge in [0.25, 0.3) is 0 Å². The minimum Gasteiger partial charge on any atom is -0.474 e. The summed E-state index contributed by atoms with van der Waals surface area (Å²) in [6.07, 6.45) is 4.69. The van der Waals surface area contributed by atoms with E-state index in [1.807, 2.05) is 20.8 Å². The minimum absolute atomic E-state index is 0.0858. The van der Waals surface area contributed by atoms with Crippen molar-refractivity contribution in [1.82, 2.24) is 15.3 Å². The average molecular weight is 328 g/mol. The Bertz CT molecular complexity index is 511. The molecule has 1 aromatic heterocycles. The number of carbonyl (C=O) groups excluding carboxylic acids is 1. The highest BCUT2D eigenvalue weighted by molar-refractivity contribution is 6.28. The van der Waals surface area contributed by atoms with Crippen molar-refractivity contribution in [3.63, 3.8) is 0 Å². The lowest BCUT2D eigenvalue weighted by molar-refractivity contribution is 0.0469. The first kappa shape index (κ1) is 16.8. The summed E-state index contributed by atoms with van der Waals surface area (Å²) >= 11 is 5.73. The van der Waals surface area contributed by atoms with Gasteiger partial charge in [0.05, 0.1) is 0 Å². The largest absolute Gasteiger partial charge is 0.474 e. The molecule has 0 aliphatic heterocycles. The molecule has 1 amide bonds. The monoisotopic (exact) mass is 327 g/mol. The number of nitrogens with one attached hydrogen (secondary N) is 1. The fourth-order valence-corrected chi connectivity index (χ4v) is 2.49. The highest BCUT2D eigenvalue weighted by atomic mass is 35.5. The summed E-state index contributed by atoms with van der Waals surface area (Å²) in [5, 5.41) is 3.08. The fraction of sp³-hybridized carbons (Fsp3) is 0.667. The second-order valence-corrected chi connectivity index (χ2v) is 6.74. The van der Waals surface area contributed by atoms with Gasteiger partial charge in [-0.3, -0.25) is 0 Å². The van der Waals surface area contributed by atoms with Crippen LogP contribution < -0.4 is 10.1 Å². The van der Waals surface area contributed by atoms with E-state index in [9.17, 15) is 4.79 Å². The number of halogens is 1. The summed E-state index contributed by atoms with van der Waals surface area (Å²) in [4.78, 5) is 19.6. The molecule has 1 fully saturated rings. The fourth-order valence-electron chi connectivity index (χ4n) is 2.36. The molecule has 1 aliphatic rings. The van der Waals surface area contributed by atoms with Crippen LogP contribution in [0.4, 0.5) is 4.79 Å². The lowest BCUT2D eigenvalue weighted by atomic mass is 9.93. The van der Waals surface area contributed by atoms with Gasteiger partial charge in [-0.15, -0.1) is 0 Å². The highest BCUT2D eigenvalue weighted by Gasteiger charge is 2.25. The van der Waals surface area contributed by atoms with Gasteiger partial charge in [0.1, 0.15) is 11.7 Å². The average Bonchev–Trinajstić information content (AvgIpc) is 2.39. The summed E-state index contributed by atoms with van der Waals surface area (Å²) in [5.74, 6) is 0.489. The molecule has 6 nitrogen and oxygen atoms in total. The highest BCUT2D eigenvalue weighted by Crippen LogP contribution is 2.23. The van der Waals surface area contributed by atoms with E-state index in [4.69, 9.17) is 21.1 Å². The van der Waals surface area contributed by atoms with Crippen LogP contribution >= 0.6 is 11.6 Å². The quantitative estimate of drug-likeness (QED) is 0.862. The Kier molecular flexibility index (Phi) is 5.45. The van der Waals surface area contributed by atoms with Gasteiger partial charge in [0.15, 0.2) is 0 Å². The van der Waals surface area contributed by atoms with Gasteiger partial charge < -0.3 is 14.8 Å². The zero-order valence-electron chi connectivity index (χ0n) is 13.1. The van der Waals surface area contributed by atoms with Crippen LogP contribution in [-0.4, -0.2) is 33.8 Å². The van der Waals surface area contributed by atoms with E-state index in [0.29, 0.717) is 5.88 Å². The van der Waals surface area contributed by atoms with Crippen molar-refractivity contribution in [2.24, 2.45) is 0 Å². The number of carbonyl (C=O) groups is 1. The molecule has 0 atom stereocenters. The number of nitrogens with zero attached hydrogens (tertiary/aromatic N) is 2. The van der Waals surface area contributed by atoms with E-state index < -0.39 is 5.60 Å². The van der Waals surface area contributed by atoms with Crippen LogP contribution in [0.25, 0.3) is 0 Å². The summed E-state index contributed by atoms with van der Waals surface area (Å²) in [6, 6.07) is 1.82. The smallest absolute Gasteiger partial charge is 0.407 e. The molecule has 1 heterocycles. The van der Waals surface area contributed by atoms with Gasteiger partial charge in [-0.25, -0.2) is 9.78 Å². The van der Waals surface area contributed by atoms with Crippen LogP contribution in [0.3, 0.4) is 0 Å². The van der Waals surface area contributed by atoms with E-state index >= 15 is 0 Å². The molecule has 2 rings (SSSR count). The van der Waals surface area contributed by atoms with Gasteiger partial charge in [-0.2, -0.15) is 4.98 Å². The second-order valence-electron chi connectivity index (χ2n) is 6.40. The van der Waals surface area contributed by atoms with Crippen molar-refractivity contribution in [3.8, 4) is 5.88 Å². The number of hydrogen-bond donors (Lipinski definition) is 1. The Labute approximate surface area is 135 Å². The molecule has 7 heteroatoms. The van der Waals surface area contributed by atoms with E-state index in [2.05, 4.69) is 15.3 Å². The third-order valence-electron chi connectivity index (χ3n) is 3.28. The Morgan fingerprint density at radius 3 is 2.59 bits per heavy atom. The molecule has 0 radical (unpaired) electrons. The number of hydrogen-bond acceptors (Lipinski definition) is 5. The zero-order valence-corrected chi connectivity index (χ0v) is 13.9. The molecule has 0 aromatic carbocycles. The van der Waals surface area contributed by atoms with Gasteiger partial charge in [-0.05, 0) is 58.1 Å². The van der Waals surface area contributed by atoms with Crippen molar-refractivity contribution in [1.29, 1.82) is 0 Å². The summed E-state index contributed by atoms with van der Waals surface area (Å²) < 4.78 is 11.1. The molecule has 1 aromatic rings.